The van der Waals surface area contributed by atoms with E-state index in [1.807, 2.05) is 0 Å². The molecule has 0 fully saturated rings. The Kier molecular flexibility index (Phi) is 13200. The van der Waals surface area contributed by atoms with E-state index in [0.29, 0.717) is 0 Å². The van der Waals surface area contributed by atoms with Crippen molar-refractivity contribution in [2.75, 3.05) is 6.66 Å². The van der Waals surface area contributed by atoms with Crippen molar-refractivity contribution in [2.45, 2.75) is 126 Å². The van der Waals surface area contributed by atoms with Gasteiger partial charge in [-0.2, -0.15) is 0 Å². The number of halogens is 1. The van der Waals surface area contributed by atoms with Crippen molar-refractivity contribution in [3.8, 4) is 0 Å². The maximum absolute atomic E-state index is 6.57. The number of hydrogen-bond donors (Lipinski definition) is 0. The van der Waals surface area contributed by atoms with Crippen molar-refractivity contribution in [3.63, 3.8) is 0 Å². The molecule has 158 valence electrons. The van der Waals surface area contributed by atoms with Crippen LogP contribution in [0.1, 0.15) is 126 Å². The van der Waals surface area contributed by atoms with Crippen LogP contribution in [0.3, 0.4) is 0 Å². The summed E-state index contributed by atoms with van der Waals surface area (Å²) in [5.74, 6) is 0. The molecule has 0 radical (unpaired) electrons. The quantitative estimate of drug-likeness (QED) is 0.266. The molecule has 0 aliphatic carbocycles. The molecular formula is C18H73IKP. The van der Waals surface area contributed by atoms with E-state index in [-0.39, 0.29) is 199 Å². The van der Waals surface area contributed by atoms with Gasteiger partial charge in [-0.3, -0.25) is 0 Å². The van der Waals surface area contributed by atoms with E-state index in [4.69, 9.17) is 0.594 Å². The van der Waals surface area contributed by atoms with Gasteiger partial charge in [0, 0.05) is 0 Å². The van der Waals surface area contributed by atoms with E-state index in [1.165, 1.54) is 0 Å². The summed E-state index contributed by atoms with van der Waals surface area (Å²) in [5.41, 5.74) is 0. The van der Waals surface area contributed by atoms with Gasteiger partial charge >= 0.3 is 86.7 Å². The van der Waals surface area contributed by atoms with Crippen LogP contribution in [0.5, 0.6) is 0 Å². The third-order valence-corrected chi connectivity index (χ3v) is 0. The zero-order valence-electron chi connectivity index (χ0n) is 3.88. The molecule has 0 aromatic carbocycles. The second-order valence-electron chi connectivity index (χ2n) is 0.189. The van der Waals surface area contributed by atoms with Crippen LogP contribution in [0.4, 0.5) is 0 Å². The predicted octanol–water partition coefficient (Wildman–Crippen LogP) is 5.31. The van der Waals surface area contributed by atoms with Gasteiger partial charge in [-0.05, 0) is 0 Å². The summed E-state index contributed by atoms with van der Waals surface area (Å²) in [6.07, 6.45) is 0.917. The molecule has 21 heavy (non-hydrogen) atoms. The molecular weight excluding hydrogens is 413 g/mol. The summed E-state index contributed by atoms with van der Waals surface area (Å²) in [6, 6.07) is 0. The molecule has 0 saturated heterocycles. The Bertz CT molecular complexity index is 25.0. The molecule has 0 saturated carbocycles. The van der Waals surface area contributed by atoms with E-state index >= 15 is 0 Å². The van der Waals surface area contributed by atoms with Crippen molar-refractivity contribution in [2.24, 2.45) is 0 Å². The number of rotatable bonds is 1. The van der Waals surface area contributed by atoms with Gasteiger partial charge in [0.25, 0.3) is 0 Å². The van der Waals surface area contributed by atoms with Crippen LogP contribution in [0.2, 0.25) is 0 Å². The third kappa shape index (κ3) is 1260. The zero-order chi connectivity index (χ0) is 3.41. The molecule has 0 heterocycles. The summed E-state index contributed by atoms with van der Waals surface area (Å²) in [5, 5.41) is 0. The summed E-state index contributed by atoms with van der Waals surface area (Å²) < 4.78 is 6.57. The van der Waals surface area contributed by atoms with Crippen molar-refractivity contribution in [1.82, 2.24) is 0 Å². The molecule has 0 bridgehead atoms. The zero-order valence-corrected chi connectivity index (χ0v) is 9.16. The second-order valence-corrected chi connectivity index (χ2v) is 3.80. The molecule has 0 aliphatic rings. The van der Waals surface area contributed by atoms with Gasteiger partial charge in [-0.1, -0.05) is 126 Å². The van der Waals surface area contributed by atoms with Crippen LogP contribution >= 0.6 is 6.22 Å². The summed E-state index contributed by atoms with van der Waals surface area (Å²) >= 11 is -0.112. The van der Waals surface area contributed by atoms with Gasteiger partial charge in [0.2, 0.25) is 0 Å². The average molecular weight is 489 g/mol. The monoisotopic (exact) mass is 488 g/mol. The van der Waals surface area contributed by atoms with Crippen LogP contribution in [-0.2, 0) is 0 Å². The van der Waals surface area contributed by atoms with Crippen LogP contribution < -0.4 is 73.2 Å². The first-order valence-corrected chi connectivity index (χ1v) is 5.30. The van der Waals surface area contributed by atoms with Gasteiger partial charge in [0.15, 0.2) is 0 Å². The standard InChI is InChI=1S/CH5IP.17CH4.K/c1-3-2;;;;;;;;;;;;;;;;;;/h2-3H,1H3;17*1H4;/q-1;;;;;;;;;;;;;;;;;;+1/i2T;;;;;;;;;;;;;;;;;;. The molecule has 0 amide bonds. The molecule has 0 aromatic heterocycles. The SMILES string of the molecule is C.C.C.C.C.C.C.C.C.C.C.C.C.C.C.C.C.[3H][I-]PC.[K+]. The van der Waals surface area contributed by atoms with Gasteiger partial charge < -0.3 is 0 Å². The van der Waals surface area contributed by atoms with E-state index in [0.717, 1.165) is 6.22 Å². The topological polar surface area (TPSA) is 0 Å². The first kappa shape index (κ1) is 368. The van der Waals surface area contributed by atoms with Crippen LogP contribution in [-0.4, -0.2) is 7.26 Å². The van der Waals surface area contributed by atoms with Gasteiger partial charge in [0.05, 0.1) is 0 Å². The van der Waals surface area contributed by atoms with E-state index in [2.05, 4.69) is 6.66 Å². The number of hydrogen-bond acceptors (Lipinski definition) is 0. The molecule has 1 unspecified atom stereocenters. The largest absolute Gasteiger partial charge is 1.00 e. The smallest absolute Gasteiger partial charge is 1.00 e. The van der Waals surface area contributed by atoms with Crippen LogP contribution in [0.15, 0.2) is 0 Å². The normalized spacial score (nSPS) is 2.24. The van der Waals surface area contributed by atoms with Gasteiger partial charge in [-0.15, -0.1) is 0 Å². The van der Waals surface area contributed by atoms with Crippen molar-refractivity contribution >= 4 is 6.22 Å². The van der Waals surface area contributed by atoms with Gasteiger partial charge in [-0.25, -0.2) is 0 Å². The van der Waals surface area contributed by atoms with E-state index < -0.39 is 0 Å². The molecule has 0 rings (SSSR count). The Balaban J connectivity index is -0.000000000294. The minimum atomic E-state index is -0.112. The second kappa shape index (κ2) is 751. The fourth-order valence-corrected chi connectivity index (χ4v) is 0. The fourth-order valence-electron chi connectivity index (χ4n) is 0. The minimum Gasteiger partial charge on any atom is 1.00 e. The van der Waals surface area contributed by atoms with E-state index in [1.54, 1.807) is 0 Å². The Morgan fingerprint density at radius 3 is 0.524 bits per heavy atom. The first-order valence-electron chi connectivity index (χ1n) is 1.07. The fraction of sp³-hybridized carbons (Fsp3) is 1.00. The van der Waals surface area contributed by atoms with E-state index in [9.17, 15) is 0 Å². The molecule has 0 nitrogen and oxygen atoms in total. The average Bonchev–Trinajstić information content (AvgIpc) is 1.37. The van der Waals surface area contributed by atoms with Crippen molar-refractivity contribution in [1.29, 1.82) is 0.594 Å². The Morgan fingerprint density at radius 1 is 0.476 bits per heavy atom. The Morgan fingerprint density at radius 2 is 0.524 bits per heavy atom. The molecule has 0 spiro atoms. The van der Waals surface area contributed by atoms with Crippen molar-refractivity contribution in [3.05, 3.63) is 0 Å². The molecule has 1 atom stereocenters. The molecule has 0 aliphatic heterocycles. The third-order valence-electron chi connectivity index (χ3n) is 0. The molecule has 0 aromatic rings. The Labute approximate surface area is 210 Å². The van der Waals surface area contributed by atoms with Crippen LogP contribution in [0.25, 0.3) is 0 Å². The van der Waals surface area contributed by atoms with Gasteiger partial charge in [0.1, 0.15) is 0 Å². The maximum atomic E-state index is 6.57. The molecule has 3 heteroatoms. The van der Waals surface area contributed by atoms with Crippen molar-refractivity contribution < 1.29 is 73.2 Å². The van der Waals surface area contributed by atoms with Crippen LogP contribution in [0, 0.1) is 0 Å². The summed E-state index contributed by atoms with van der Waals surface area (Å²) in [7, 11) is 0. The predicted molar refractivity (Wildman–Crippen MR) is 130 cm³/mol. The maximum Gasteiger partial charge on any atom is 1.00 e. The minimum absolute atomic E-state index is 0. The Hall–Kier alpha value is 2.80. The summed E-state index contributed by atoms with van der Waals surface area (Å²) in [4.78, 5) is 0. The first-order chi connectivity index (χ1) is 1.91. The molecule has 0 N–H and O–H groups in total. The summed E-state index contributed by atoms with van der Waals surface area (Å²) in [6.45, 7) is 2.07.